The van der Waals surface area contributed by atoms with E-state index in [0.29, 0.717) is 0 Å². The molecule has 0 radical (unpaired) electrons. The van der Waals surface area contributed by atoms with E-state index in [9.17, 15) is 39.0 Å². The number of ketones is 6. The van der Waals surface area contributed by atoms with Crippen LogP contribution in [-0.2, 0) is 0 Å². The predicted molar refractivity (Wildman–Crippen MR) is 177 cm³/mol. The molecule has 246 valence electrons. The number of aliphatic hydroxyl groups excluding tert-OH is 2. The fourth-order valence-corrected chi connectivity index (χ4v) is 6.92. The maximum atomic E-state index is 14.3. The molecule has 0 saturated heterocycles. The van der Waals surface area contributed by atoms with Gasteiger partial charge in [0.05, 0.1) is 22.3 Å². The first kappa shape index (κ1) is 30.8. The second kappa shape index (κ2) is 10.0. The van der Waals surface area contributed by atoms with E-state index in [1.165, 1.54) is 42.6 Å². The van der Waals surface area contributed by atoms with Crippen LogP contribution in [0.4, 0.5) is 0 Å². The van der Waals surface area contributed by atoms with Crippen LogP contribution in [0.2, 0.25) is 0 Å². The molecule has 0 fully saturated rings. The number of aromatic nitrogens is 1. The highest BCUT2D eigenvalue weighted by Gasteiger charge is 2.48. The Balaban J connectivity index is 1.38. The lowest BCUT2D eigenvalue weighted by molar-refractivity contribution is 0.0910. The summed E-state index contributed by atoms with van der Waals surface area (Å²) in [6.45, 7) is 7.17. The van der Waals surface area contributed by atoms with Crippen molar-refractivity contribution in [2.45, 2.75) is 38.9 Å². The Bertz CT molecular complexity index is 2280. The Morgan fingerprint density at radius 2 is 0.980 bits per heavy atom. The van der Waals surface area contributed by atoms with Crippen molar-refractivity contribution in [3.63, 3.8) is 0 Å². The third kappa shape index (κ3) is 4.12. The average molecular weight is 668 g/mol. The number of pyridine rings is 1. The van der Waals surface area contributed by atoms with Gasteiger partial charge in [0, 0.05) is 45.2 Å². The summed E-state index contributed by atoms with van der Waals surface area (Å²) < 4.78 is 11.9. The maximum absolute atomic E-state index is 14.3. The van der Waals surface area contributed by atoms with Gasteiger partial charge in [-0.1, -0.05) is 12.2 Å². The molecule has 11 nitrogen and oxygen atoms in total. The van der Waals surface area contributed by atoms with E-state index in [1.807, 2.05) is 0 Å². The highest BCUT2D eigenvalue weighted by molar-refractivity contribution is 6.41. The van der Waals surface area contributed by atoms with Crippen molar-refractivity contribution in [1.82, 2.24) is 4.98 Å². The number of carbonyl (C=O) groups is 6. The molecule has 2 N–H and O–H groups in total. The van der Waals surface area contributed by atoms with Crippen molar-refractivity contribution >= 4 is 46.9 Å². The van der Waals surface area contributed by atoms with Crippen molar-refractivity contribution in [2.75, 3.05) is 0 Å². The standard InChI is InChI=1S/C39H25NO10/c1-38(2)13-11-16-21(49-38)9-7-18-23(16)34(45)36(47)27(30(18)41)25-26(33(44)29-20(32(25)43)6-5-15-40-29)28-31(42)19-8-10-22-17(12-14-39(3,4)50-22)24(19)35(46)37(28)48/h5-15,47-48H,1-4H3. The molecule has 11 heteroatoms. The summed E-state index contributed by atoms with van der Waals surface area (Å²) in [6, 6.07) is 8.19. The normalized spacial score (nSPS) is 19.8. The first-order valence-corrected chi connectivity index (χ1v) is 15.6. The SMILES string of the molecule is CC1(C)C=Cc2c(ccc3c2C(=O)C(O)=C(C2=C(C4=C(O)C(=O)c5c(ccc6c5C=CC(C)(C)O6)C4=O)C(=O)c4ncccc4C2=O)C3=O)O1. The van der Waals surface area contributed by atoms with E-state index in [4.69, 9.17) is 9.47 Å². The van der Waals surface area contributed by atoms with Crippen LogP contribution in [0.5, 0.6) is 11.5 Å². The lowest BCUT2D eigenvalue weighted by Gasteiger charge is -2.31. The second-order valence-electron chi connectivity index (χ2n) is 13.4. The lowest BCUT2D eigenvalue weighted by Crippen LogP contribution is -2.35. The average Bonchev–Trinajstić information content (AvgIpc) is 3.07. The number of fused-ring (bicyclic) bond motifs is 7. The number of nitrogens with zero attached hydrogens (tertiary/aromatic N) is 1. The van der Waals surface area contributed by atoms with E-state index in [1.54, 1.807) is 52.0 Å². The highest BCUT2D eigenvalue weighted by Crippen LogP contribution is 2.45. The summed E-state index contributed by atoms with van der Waals surface area (Å²) in [5.41, 5.74) is -5.84. The van der Waals surface area contributed by atoms with Gasteiger partial charge < -0.3 is 19.7 Å². The highest BCUT2D eigenvalue weighted by atomic mass is 16.5. The van der Waals surface area contributed by atoms with Gasteiger partial charge in [-0.15, -0.1) is 0 Å². The molecular weight excluding hydrogens is 642 g/mol. The zero-order valence-corrected chi connectivity index (χ0v) is 27.0. The minimum absolute atomic E-state index is 0.178. The monoisotopic (exact) mass is 667 g/mol. The van der Waals surface area contributed by atoms with Crippen LogP contribution < -0.4 is 9.47 Å². The molecule has 0 saturated carbocycles. The number of rotatable bonds is 2. The number of hydrogen-bond donors (Lipinski definition) is 2. The summed E-state index contributed by atoms with van der Waals surface area (Å²) in [5.74, 6) is -8.00. The van der Waals surface area contributed by atoms with Gasteiger partial charge in [0.25, 0.3) is 0 Å². The number of benzene rings is 2. The van der Waals surface area contributed by atoms with Crippen LogP contribution in [0.25, 0.3) is 12.2 Å². The van der Waals surface area contributed by atoms with Gasteiger partial charge in [0.1, 0.15) is 28.4 Å². The van der Waals surface area contributed by atoms with Crippen molar-refractivity contribution in [1.29, 1.82) is 0 Å². The number of aliphatic hydroxyl groups is 2. The molecule has 5 aliphatic rings. The van der Waals surface area contributed by atoms with Crippen molar-refractivity contribution in [3.05, 3.63) is 133 Å². The van der Waals surface area contributed by atoms with Gasteiger partial charge >= 0.3 is 0 Å². The molecule has 0 atom stereocenters. The van der Waals surface area contributed by atoms with Crippen LogP contribution >= 0.6 is 0 Å². The molecule has 2 aliphatic heterocycles. The first-order valence-electron chi connectivity index (χ1n) is 15.6. The van der Waals surface area contributed by atoms with Crippen molar-refractivity contribution < 1.29 is 48.5 Å². The van der Waals surface area contributed by atoms with Crippen molar-refractivity contribution in [2.24, 2.45) is 0 Å². The summed E-state index contributed by atoms with van der Waals surface area (Å²) in [4.78, 5) is 89.1. The Morgan fingerprint density at radius 1 is 0.540 bits per heavy atom. The maximum Gasteiger partial charge on any atom is 0.229 e. The Morgan fingerprint density at radius 3 is 1.46 bits per heavy atom. The molecule has 8 rings (SSSR count). The Labute approximate surface area is 283 Å². The molecule has 0 spiro atoms. The quantitative estimate of drug-likeness (QED) is 0.333. The zero-order valence-electron chi connectivity index (χ0n) is 27.0. The molecule has 2 aromatic carbocycles. The Hall–Kier alpha value is -6.49. The van der Waals surface area contributed by atoms with E-state index < -0.39 is 85.4 Å². The minimum atomic E-state index is -1.17. The number of Topliss-reactive ketones (excluding diaryl/α,β-unsaturated/α-hetero) is 6. The smallest absolute Gasteiger partial charge is 0.229 e. The van der Waals surface area contributed by atoms with E-state index in [2.05, 4.69) is 4.98 Å². The third-order valence-corrected chi connectivity index (χ3v) is 9.23. The van der Waals surface area contributed by atoms with Crippen LogP contribution in [0.15, 0.2) is 88.6 Å². The summed E-state index contributed by atoms with van der Waals surface area (Å²) in [6.07, 6.45) is 7.76. The molecule has 50 heavy (non-hydrogen) atoms. The van der Waals surface area contributed by atoms with Crippen LogP contribution in [0.1, 0.15) is 101 Å². The van der Waals surface area contributed by atoms with Gasteiger partial charge in [-0.3, -0.25) is 33.8 Å². The lowest BCUT2D eigenvalue weighted by atomic mass is 9.72. The first-order chi connectivity index (χ1) is 23.6. The van der Waals surface area contributed by atoms with E-state index >= 15 is 0 Å². The third-order valence-electron chi connectivity index (χ3n) is 9.23. The van der Waals surface area contributed by atoms with Gasteiger partial charge in [0.2, 0.25) is 17.3 Å². The van der Waals surface area contributed by atoms with Crippen molar-refractivity contribution in [3.8, 4) is 11.5 Å². The number of hydrogen-bond acceptors (Lipinski definition) is 11. The summed E-state index contributed by atoms with van der Waals surface area (Å²) in [7, 11) is 0. The summed E-state index contributed by atoms with van der Waals surface area (Å²) in [5, 5.41) is 22.9. The molecule has 0 amide bonds. The number of allylic oxidation sites excluding steroid dienone is 6. The second-order valence-corrected chi connectivity index (χ2v) is 13.4. The van der Waals surface area contributed by atoms with Gasteiger partial charge in [-0.2, -0.15) is 0 Å². The molecule has 3 heterocycles. The topological polar surface area (TPSA) is 174 Å². The number of ether oxygens (including phenoxy) is 2. The predicted octanol–water partition coefficient (Wildman–Crippen LogP) is 5.91. The van der Waals surface area contributed by atoms with E-state index in [-0.39, 0.29) is 50.4 Å². The molecule has 0 unspecified atom stereocenters. The molecule has 1 aromatic heterocycles. The molecule has 3 aliphatic carbocycles. The largest absolute Gasteiger partial charge is 0.504 e. The van der Waals surface area contributed by atoms with Crippen LogP contribution in [0.3, 0.4) is 0 Å². The summed E-state index contributed by atoms with van der Waals surface area (Å²) >= 11 is 0. The zero-order chi connectivity index (χ0) is 35.6. The fraction of sp³-hybridized carbons (Fsp3) is 0.154. The van der Waals surface area contributed by atoms with Gasteiger partial charge in [0.15, 0.2) is 28.9 Å². The van der Waals surface area contributed by atoms with Gasteiger partial charge in [-0.05, 0) is 76.2 Å². The number of carbonyl (C=O) groups excluding carboxylic acids is 6. The molecule has 3 aromatic rings. The molecular formula is C39H25NO10. The Kier molecular flexibility index (Phi) is 6.17. The minimum Gasteiger partial charge on any atom is -0.504 e. The van der Waals surface area contributed by atoms with Gasteiger partial charge in [-0.25, -0.2) is 0 Å². The van der Waals surface area contributed by atoms with E-state index in [0.717, 1.165) is 0 Å². The molecule has 0 bridgehead atoms. The van der Waals surface area contributed by atoms with Crippen LogP contribution in [-0.4, -0.2) is 61.1 Å². The van der Waals surface area contributed by atoms with Crippen LogP contribution in [0, 0.1) is 0 Å². The fourth-order valence-electron chi connectivity index (χ4n) is 6.92.